The van der Waals surface area contributed by atoms with Gasteiger partial charge in [-0.3, -0.25) is 4.79 Å². The van der Waals surface area contributed by atoms with Crippen LogP contribution in [0.1, 0.15) is 13.8 Å². The molecule has 52 valence electrons. The number of rotatable bonds is 3. The van der Waals surface area contributed by atoms with E-state index in [2.05, 4.69) is 6.58 Å². The van der Waals surface area contributed by atoms with Crippen molar-refractivity contribution >= 4 is 5.97 Å². The zero-order chi connectivity index (χ0) is 7.44. The first-order chi connectivity index (χ1) is 4.09. The molecule has 0 spiro atoms. The Labute approximate surface area is 55.2 Å². The molecule has 0 heterocycles. The highest BCUT2D eigenvalue weighted by Gasteiger charge is 2.15. The van der Waals surface area contributed by atoms with Gasteiger partial charge in [0.05, 0.1) is 5.92 Å². The molecule has 9 heavy (non-hydrogen) atoms. The van der Waals surface area contributed by atoms with Gasteiger partial charge in [-0.2, -0.15) is 0 Å². The third-order valence-corrected chi connectivity index (χ3v) is 1.55. The van der Waals surface area contributed by atoms with Crippen LogP contribution in [-0.4, -0.2) is 11.1 Å². The van der Waals surface area contributed by atoms with Crippen LogP contribution in [0.4, 0.5) is 0 Å². The molecular formula is C7H12O2. The average molecular weight is 128 g/mol. The van der Waals surface area contributed by atoms with Crippen LogP contribution < -0.4 is 0 Å². The van der Waals surface area contributed by atoms with Gasteiger partial charge in [0.2, 0.25) is 0 Å². The van der Waals surface area contributed by atoms with E-state index in [1.54, 1.807) is 13.0 Å². The summed E-state index contributed by atoms with van der Waals surface area (Å²) in [6.45, 7) is 7.02. The molecule has 2 atom stereocenters. The van der Waals surface area contributed by atoms with Crippen molar-refractivity contribution in [2.45, 2.75) is 13.8 Å². The van der Waals surface area contributed by atoms with Crippen LogP contribution in [0.3, 0.4) is 0 Å². The Bertz CT molecular complexity index is 118. The maximum Gasteiger partial charge on any atom is 0.306 e. The molecular weight excluding hydrogens is 116 g/mol. The highest BCUT2D eigenvalue weighted by Crippen LogP contribution is 2.10. The molecule has 0 radical (unpaired) electrons. The van der Waals surface area contributed by atoms with E-state index in [0.29, 0.717) is 0 Å². The van der Waals surface area contributed by atoms with Crippen molar-refractivity contribution in [3.05, 3.63) is 12.7 Å². The molecule has 2 nitrogen and oxygen atoms in total. The number of carbonyl (C=O) groups is 1. The quantitative estimate of drug-likeness (QED) is 0.585. The van der Waals surface area contributed by atoms with Crippen LogP contribution >= 0.6 is 0 Å². The van der Waals surface area contributed by atoms with Gasteiger partial charge in [-0.15, -0.1) is 6.58 Å². The molecule has 0 aliphatic heterocycles. The summed E-state index contributed by atoms with van der Waals surface area (Å²) in [7, 11) is 0. The molecule has 0 aliphatic rings. The molecule has 0 aliphatic carbocycles. The molecule has 0 rings (SSSR count). The van der Waals surface area contributed by atoms with Gasteiger partial charge in [0.15, 0.2) is 0 Å². The minimum Gasteiger partial charge on any atom is -0.481 e. The molecule has 0 aromatic rings. The van der Waals surface area contributed by atoms with Crippen molar-refractivity contribution in [3.8, 4) is 0 Å². The molecule has 0 aromatic carbocycles. The van der Waals surface area contributed by atoms with Crippen LogP contribution in [0.5, 0.6) is 0 Å². The molecule has 0 saturated carbocycles. The molecule has 0 bridgehead atoms. The Balaban J connectivity index is 3.86. The summed E-state index contributed by atoms with van der Waals surface area (Å²) in [5.74, 6) is -1.02. The van der Waals surface area contributed by atoms with Gasteiger partial charge in [0, 0.05) is 0 Å². The van der Waals surface area contributed by atoms with E-state index in [1.165, 1.54) is 0 Å². The van der Waals surface area contributed by atoms with E-state index in [-0.39, 0.29) is 11.8 Å². The van der Waals surface area contributed by atoms with Crippen LogP contribution in [0.15, 0.2) is 12.7 Å². The van der Waals surface area contributed by atoms with E-state index in [1.807, 2.05) is 6.92 Å². The number of carboxylic acids is 1. The van der Waals surface area contributed by atoms with Gasteiger partial charge in [-0.1, -0.05) is 19.9 Å². The second kappa shape index (κ2) is 3.28. The summed E-state index contributed by atoms with van der Waals surface area (Å²) < 4.78 is 0. The Morgan fingerprint density at radius 3 is 2.22 bits per heavy atom. The first kappa shape index (κ1) is 8.21. The van der Waals surface area contributed by atoms with E-state index >= 15 is 0 Å². The van der Waals surface area contributed by atoms with Gasteiger partial charge < -0.3 is 5.11 Å². The SMILES string of the molecule is C=C[C@H](C)[C@@H](C)C(=O)O. The lowest BCUT2D eigenvalue weighted by molar-refractivity contribution is -0.142. The predicted molar refractivity (Wildman–Crippen MR) is 36.2 cm³/mol. The fourth-order valence-electron chi connectivity index (χ4n) is 0.429. The lowest BCUT2D eigenvalue weighted by Crippen LogP contribution is -2.15. The summed E-state index contributed by atoms with van der Waals surface area (Å²) in [6.07, 6.45) is 1.65. The lowest BCUT2D eigenvalue weighted by atomic mass is 9.97. The standard InChI is InChI=1S/C7H12O2/c1-4-5(2)6(3)7(8)9/h4-6H,1H2,2-3H3,(H,8,9)/t5-,6+/m0/s1. The third kappa shape index (κ3) is 2.31. The van der Waals surface area contributed by atoms with Gasteiger partial charge in [-0.05, 0) is 5.92 Å². The minimum atomic E-state index is -0.762. The second-order valence-corrected chi connectivity index (χ2v) is 2.22. The van der Waals surface area contributed by atoms with E-state index in [0.717, 1.165) is 0 Å². The fourth-order valence-corrected chi connectivity index (χ4v) is 0.429. The van der Waals surface area contributed by atoms with E-state index < -0.39 is 5.97 Å². The number of carboxylic acid groups (broad SMARTS) is 1. The van der Waals surface area contributed by atoms with E-state index in [4.69, 9.17) is 5.11 Å². The van der Waals surface area contributed by atoms with Crippen LogP contribution in [0.25, 0.3) is 0 Å². The topological polar surface area (TPSA) is 37.3 Å². The average Bonchev–Trinajstić information content (AvgIpc) is 1.84. The summed E-state index contributed by atoms with van der Waals surface area (Å²) in [5, 5.41) is 8.44. The maximum atomic E-state index is 10.3. The van der Waals surface area contributed by atoms with Crippen LogP contribution in [0.2, 0.25) is 0 Å². The van der Waals surface area contributed by atoms with Gasteiger partial charge >= 0.3 is 5.97 Å². The Hall–Kier alpha value is -0.790. The highest BCUT2D eigenvalue weighted by atomic mass is 16.4. The molecule has 2 heteroatoms. The monoisotopic (exact) mass is 128 g/mol. The van der Waals surface area contributed by atoms with Crippen molar-refractivity contribution < 1.29 is 9.90 Å². The molecule has 0 saturated heterocycles. The van der Waals surface area contributed by atoms with E-state index in [9.17, 15) is 4.79 Å². The normalized spacial score (nSPS) is 16.2. The number of hydrogen-bond donors (Lipinski definition) is 1. The van der Waals surface area contributed by atoms with Gasteiger partial charge in [0.1, 0.15) is 0 Å². The van der Waals surface area contributed by atoms with Crippen LogP contribution in [0, 0.1) is 11.8 Å². The molecule has 0 unspecified atom stereocenters. The molecule has 0 aromatic heterocycles. The fraction of sp³-hybridized carbons (Fsp3) is 0.571. The van der Waals surface area contributed by atoms with Crippen LogP contribution in [-0.2, 0) is 4.79 Å². The van der Waals surface area contributed by atoms with Crippen molar-refractivity contribution in [1.29, 1.82) is 0 Å². The number of hydrogen-bond acceptors (Lipinski definition) is 1. The zero-order valence-electron chi connectivity index (χ0n) is 5.79. The largest absolute Gasteiger partial charge is 0.481 e. The number of aliphatic carboxylic acids is 1. The summed E-state index contributed by atoms with van der Waals surface area (Å²) in [6, 6.07) is 0. The minimum absolute atomic E-state index is 0.0579. The third-order valence-electron chi connectivity index (χ3n) is 1.55. The highest BCUT2D eigenvalue weighted by molar-refractivity contribution is 5.70. The summed E-state index contributed by atoms with van der Waals surface area (Å²) in [4.78, 5) is 10.3. The predicted octanol–water partition coefficient (Wildman–Crippen LogP) is 1.53. The smallest absolute Gasteiger partial charge is 0.306 e. The van der Waals surface area contributed by atoms with Gasteiger partial charge in [-0.25, -0.2) is 0 Å². The Morgan fingerprint density at radius 2 is 2.11 bits per heavy atom. The molecule has 1 N–H and O–H groups in total. The zero-order valence-corrected chi connectivity index (χ0v) is 5.79. The summed E-state index contributed by atoms with van der Waals surface area (Å²) >= 11 is 0. The first-order valence-corrected chi connectivity index (χ1v) is 2.95. The molecule has 0 fully saturated rings. The van der Waals surface area contributed by atoms with Crippen molar-refractivity contribution in [3.63, 3.8) is 0 Å². The van der Waals surface area contributed by atoms with Crippen molar-refractivity contribution in [2.75, 3.05) is 0 Å². The van der Waals surface area contributed by atoms with Crippen molar-refractivity contribution in [1.82, 2.24) is 0 Å². The van der Waals surface area contributed by atoms with Gasteiger partial charge in [0.25, 0.3) is 0 Å². The number of allylic oxidation sites excluding steroid dienone is 1. The second-order valence-electron chi connectivity index (χ2n) is 2.22. The Kier molecular flexibility index (Phi) is 2.99. The maximum absolute atomic E-state index is 10.3. The lowest BCUT2D eigenvalue weighted by Gasteiger charge is -2.09. The first-order valence-electron chi connectivity index (χ1n) is 2.95. The Morgan fingerprint density at radius 1 is 1.67 bits per heavy atom. The van der Waals surface area contributed by atoms with Crippen molar-refractivity contribution in [2.24, 2.45) is 11.8 Å². The summed E-state index contributed by atoms with van der Waals surface area (Å²) in [5.41, 5.74) is 0. The molecule has 0 amide bonds.